The average Bonchev–Trinajstić information content (AvgIpc) is 3.16. The van der Waals surface area contributed by atoms with Gasteiger partial charge in [-0.3, -0.25) is 14.3 Å². The number of nitrogens with zero attached hydrogens (tertiary/aromatic N) is 1. The van der Waals surface area contributed by atoms with Gasteiger partial charge in [-0.1, -0.05) is 35.9 Å². The van der Waals surface area contributed by atoms with Crippen molar-refractivity contribution in [1.29, 1.82) is 0 Å². The molecule has 1 fully saturated rings. The van der Waals surface area contributed by atoms with Gasteiger partial charge in [0.2, 0.25) is 11.8 Å². The van der Waals surface area contributed by atoms with Crippen molar-refractivity contribution in [2.75, 3.05) is 16.7 Å². The third-order valence-electron chi connectivity index (χ3n) is 5.19. The summed E-state index contributed by atoms with van der Waals surface area (Å²) in [5.74, 6) is 0.0767. The van der Waals surface area contributed by atoms with E-state index >= 15 is 0 Å². The van der Waals surface area contributed by atoms with Crippen LogP contribution in [0, 0.1) is 0 Å². The zero-order chi connectivity index (χ0) is 24.3. The minimum absolute atomic E-state index is 0.0788. The lowest BCUT2D eigenvalue weighted by molar-refractivity contribution is -0.121. The van der Waals surface area contributed by atoms with Crippen molar-refractivity contribution in [3.8, 4) is 5.75 Å². The maximum atomic E-state index is 13.2. The molecule has 0 saturated carbocycles. The van der Waals surface area contributed by atoms with Gasteiger partial charge in [-0.2, -0.15) is 0 Å². The number of para-hydroxylation sites is 1. The molecule has 1 N–H and O–H groups in total. The van der Waals surface area contributed by atoms with E-state index in [1.807, 2.05) is 36.4 Å². The molecule has 0 spiro atoms. The van der Waals surface area contributed by atoms with Gasteiger partial charge in [0.25, 0.3) is 10.0 Å². The smallest absolute Gasteiger partial charge is 0.262 e. The zero-order valence-corrected chi connectivity index (χ0v) is 20.5. The molecule has 0 unspecified atom stereocenters. The first kappa shape index (κ1) is 24.1. The van der Waals surface area contributed by atoms with E-state index in [-0.39, 0.29) is 29.2 Å². The number of amides is 2. The fraction of sp³-hybridized carbons (Fsp3) is 0.167. The highest BCUT2D eigenvalue weighted by Crippen LogP contribution is 2.36. The molecule has 0 aliphatic carbocycles. The molecule has 1 aliphatic rings. The molecule has 0 aromatic heterocycles. The van der Waals surface area contributed by atoms with Gasteiger partial charge >= 0.3 is 0 Å². The Bertz CT molecular complexity index is 1330. The molecule has 7 nitrogen and oxygen atoms in total. The first-order valence-electron chi connectivity index (χ1n) is 10.3. The Morgan fingerprint density at radius 3 is 2.35 bits per heavy atom. The number of rotatable bonds is 8. The molecular formula is C24H21ClN2O5S2. The van der Waals surface area contributed by atoms with Gasteiger partial charge in [-0.15, -0.1) is 11.8 Å². The molecular weight excluding hydrogens is 496 g/mol. The predicted molar refractivity (Wildman–Crippen MR) is 133 cm³/mol. The van der Waals surface area contributed by atoms with E-state index in [1.54, 1.807) is 12.1 Å². The van der Waals surface area contributed by atoms with Crippen molar-refractivity contribution < 1.29 is 22.7 Å². The largest absolute Gasteiger partial charge is 0.495 e. The van der Waals surface area contributed by atoms with Crippen LogP contribution in [0.4, 0.5) is 11.4 Å². The van der Waals surface area contributed by atoms with E-state index in [4.69, 9.17) is 16.3 Å². The molecule has 2 amide bonds. The Balaban J connectivity index is 1.60. The summed E-state index contributed by atoms with van der Waals surface area (Å²) in [4.78, 5) is 26.1. The van der Waals surface area contributed by atoms with Gasteiger partial charge in [-0.05, 0) is 48.0 Å². The number of sulfonamides is 1. The van der Waals surface area contributed by atoms with Crippen LogP contribution in [0.2, 0.25) is 5.02 Å². The Kier molecular flexibility index (Phi) is 7.16. The van der Waals surface area contributed by atoms with E-state index < -0.39 is 21.8 Å². The average molecular weight is 517 g/mol. The lowest BCUT2D eigenvalue weighted by Crippen LogP contribution is -2.29. The highest BCUT2D eigenvalue weighted by molar-refractivity contribution is 7.98. The number of thioether (sulfide) groups is 1. The molecule has 4 rings (SSSR count). The van der Waals surface area contributed by atoms with Gasteiger partial charge in [0.05, 0.1) is 23.4 Å². The first-order valence-corrected chi connectivity index (χ1v) is 13.2. The van der Waals surface area contributed by atoms with Gasteiger partial charge in [0, 0.05) is 28.5 Å². The summed E-state index contributed by atoms with van der Waals surface area (Å²) < 4.78 is 34.4. The molecule has 0 atom stereocenters. The van der Waals surface area contributed by atoms with Gasteiger partial charge < -0.3 is 4.74 Å². The number of benzene rings is 3. The SMILES string of the molecule is COc1ccc(S(=O)(=O)Nc2ccccc2SCc2ccc(Cl)cc2)cc1N1C(=O)CCC1=O. The summed E-state index contributed by atoms with van der Waals surface area (Å²) in [6, 6.07) is 18.6. The van der Waals surface area contributed by atoms with Crippen LogP contribution < -0.4 is 14.4 Å². The second kappa shape index (κ2) is 10.1. The normalized spacial score (nSPS) is 13.9. The maximum Gasteiger partial charge on any atom is 0.262 e. The number of carbonyl (C=O) groups excluding carboxylic acids is 2. The van der Waals surface area contributed by atoms with Crippen molar-refractivity contribution >= 4 is 56.6 Å². The van der Waals surface area contributed by atoms with Crippen LogP contribution in [0.25, 0.3) is 0 Å². The molecule has 1 heterocycles. The number of methoxy groups -OCH3 is 1. The fourth-order valence-electron chi connectivity index (χ4n) is 3.48. The summed E-state index contributed by atoms with van der Waals surface area (Å²) in [6.45, 7) is 0. The van der Waals surface area contributed by atoms with Crippen molar-refractivity contribution in [3.63, 3.8) is 0 Å². The third-order valence-corrected chi connectivity index (χ3v) is 7.95. The summed E-state index contributed by atoms with van der Waals surface area (Å²) in [5.41, 5.74) is 1.59. The summed E-state index contributed by atoms with van der Waals surface area (Å²) >= 11 is 7.43. The van der Waals surface area contributed by atoms with Crippen molar-refractivity contribution in [1.82, 2.24) is 0 Å². The quantitative estimate of drug-likeness (QED) is 0.331. The molecule has 10 heteroatoms. The van der Waals surface area contributed by atoms with Crippen molar-refractivity contribution in [3.05, 3.63) is 77.3 Å². The molecule has 1 aliphatic heterocycles. The molecule has 3 aromatic rings. The second-order valence-electron chi connectivity index (χ2n) is 7.47. The summed E-state index contributed by atoms with van der Waals surface area (Å²) in [6.07, 6.45) is 0.158. The molecule has 34 heavy (non-hydrogen) atoms. The Morgan fingerprint density at radius 2 is 1.68 bits per heavy atom. The van der Waals surface area contributed by atoms with Crippen LogP contribution in [0.5, 0.6) is 5.75 Å². The summed E-state index contributed by atoms with van der Waals surface area (Å²) in [7, 11) is -2.63. The summed E-state index contributed by atoms with van der Waals surface area (Å²) in [5, 5.41) is 0.651. The lowest BCUT2D eigenvalue weighted by atomic mass is 10.2. The van der Waals surface area contributed by atoms with E-state index in [2.05, 4.69) is 4.72 Å². The lowest BCUT2D eigenvalue weighted by Gasteiger charge is -2.19. The maximum absolute atomic E-state index is 13.2. The van der Waals surface area contributed by atoms with Crippen LogP contribution in [0.3, 0.4) is 0 Å². The standard InChI is InChI=1S/C24H21ClN2O5S2/c1-32-21-11-10-18(14-20(21)27-23(28)12-13-24(27)29)34(30,31)26-19-4-2-3-5-22(19)33-15-16-6-8-17(25)9-7-16/h2-11,14,26H,12-13,15H2,1H3. The number of nitrogens with one attached hydrogen (secondary N) is 1. The number of anilines is 2. The fourth-order valence-corrected chi connectivity index (χ4v) is 5.73. The van der Waals surface area contributed by atoms with Crippen molar-refractivity contribution in [2.24, 2.45) is 0 Å². The number of imide groups is 1. The Labute approximate surface area is 207 Å². The molecule has 176 valence electrons. The van der Waals surface area contributed by atoms with E-state index in [1.165, 1.54) is 37.1 Å². The topological polar surface area (TPSA) is 92.8 Å². The van der Waals surface area contributed by atoms with E-state index in [0.717, 1.165) is 15.4 Å². The first-order chi connectivity index (χ1) is 16.3. The van der Waals surface area contributed by atoms with Crippen LogP contribution in [-0.4, -0.2) is 27.3 Å². The number of hydrogen-bond acceptors (Lipinski definition) is 6. The Hall–Kier alpha value is -3.01. The Morgan fingerprint density at radius 1 is 1.00 bits per heavy atom. The van der Waals surface area contributed by atoms with Crippen LogP contribution in [0.1, 0.15) is 18.4 Å². The minimum Gasteiger partial charge on any atom is -0.495 e. The van der Waals surface area contributed by atoms with Crippen LogP contribution in [0.15, 0.2) is 76.5 Å². The van der Waals surface area contributed by atoms with E-state index in [9.17, 15) is 18.0 Å². The molecule has 1 saturated heterocycles. The van der Waals surface area contributed by atoms with Crippen LogP contribution in [-0.2, 0) is 25.4 Å². The third kappa shape index (κ3) is 5.22. The monoisotopic (exact) mass is 516 g/mol. The molecule has 0 bridgehead atoms. The number of halogens is 1. The highest BCUT2D eigenvalue weighted by atomic mass is 35.5. The second-order valence-corrected chi connectivity index (χ2v) is 10.6. The van der Waals surface area contributed by atoms with Gasteiger partial charge in [0.15, 0.2) is 0 Å². The van der Waals surface area contributed by atoms with Crippen molar-refractivity contribution in [2.45, 2.75) is 28.4 Å². The minimum atomic E-state index is -4.02. The van der Waals surface area contributed by atoms with E-state index in [0.29, 0.717) is 16.5 Å². The highest BCUT2D eigenvalue weighted by Gasteiger charge is 2.33. The number of hydrogen-bond donors (Lipinski definition) is 1. The number of carbonyl (C=O) groups is 2. The molecule has 0 radical (unpaired) electrons. The van der Waals surface area contributed by atoms with Crippen LogP contribution >= 0.6 is 23.4 Å². The number of ether oxygens (including phenoxy) is 1. The zero-order valence-electron chi connectivity index (χ0n) is 18.2. The van der Waals surface area contributed by atoms with Gasteiger partial charge in [0.1, 0.15) is 5.75 Å². The predicted octanol–water partition coefficient (Wildman–Crippen LogP) is 5.10. The van der Waals surface area contributed by atoms with Gasteiger partial charge in [-0.25, -0.2) is 13.3 Å². The molecule has 3 aromatic carbocycles.